The first-order valence-corrected chi connectivity index (χ1v) is 10.8. The Hall–Kier alpha value is -2.08. The number of hydrogen-bond donors (Lipinski definition) is 1. The Kier molecular flexibility index (Phi) is 5.32. The number of carbonyl (C=O) groups excluding carboxylic acids is 2. The number of fused-ring (bicyclic) bond motifs is 2. The molecule has 4 rings (SSSR count). The fourth-order valence-electron chi connectivity index (χ4n) is 6.17. The second kappa shape index (κ2) is 7.63. The molecule has 2 heterocycles. The Morgan fingerprint density at radius 1 is 1.14 bits per heavy atom. The van der Waals surface area contributed by atoms with E-state index in [1.54, 1.807) is 21.1 Å². The highest BCUT2D eigenvalue weighted by atomic mass is 16.5. The van der Waals surface area contributed by atoms with Gasteiger partial charge in [-0.15, -0.1) is 0 Å². The summed E-state index contributed by atoms with van der Waals surface area (Å²) >= 11 is 0. The summed E-state index contributed by atoms with van der Waals surface area (Å²) in [5, 5.41) is 2.90. The maximum Gasteiger partial charge on any atom is 0.228 e. The van der Waals surface area contributed by atoms with Crippen molar-refractivity contribution >= 4 is 11.8 Å². The normalized spacial score (nSPS) is 28.4. The molecule has 1 N–H and O–H groups in total. The minimum absolute atomic E-state index is 0.0924. The fraction of sp³-hybridized carbons (Fsp3) is 0.652. The van der Waals surface area contributed by atoms with E-state index in [0.29, 0.717) is 6.54 Å². The van der Waals surface area contributed by atoms with Crippen LogP contribution in [0.4, 0.5) is 0 Å². The number of nitrogens with one attached hydrogen (secondary N) is 1. The van der Waals surface area contributed by atoms with E-state index in [0.717, 1.165) is 57.6 Å². The lowest BCUT2D eigenvalue weighted by molar-refractivity contribution is -0.133. The maximum atomic E-state index is 12.9. The molecule has 6 nitrogen and oxygen atoms in total. The van der Waals surface area contributed by atoms with Crippen LogP contribution >= 0.6 is 0 Å². The van der Waals surface area contributed by atoms with Gasteiger partial charge in [-0.1, -0.05) is 12.1 Å². The summed E-state index contributed by atoms with van der Waals surface area (Å²) in [5.74, 6) is 1.39. The van der Waals surface area contributed by atoms with Crippen molar-refractivity contribution in [2.75, 3.05) is 40.3 Å². The van der Waals surface area contributed by atoms with Crippen LogP contribution in [0.15, 0.2) is 24.3 Å². The Morgan fingerprint density at radius 2 is 1.83 bits per heavy atom. The molecule has 1 aromatic carbocycles. The first kappa shape index (κ1) is 20.2. The van der Waals surface area contributed by atoms with Gasteiger partial charge in [0.15, 0.2) is 0 Å². The second-order valence-electron chi connectivity index (χ2n) is 9.17. The summed E-state index contributed by atoms with van der Waals surface area (Å²) < 4.78 is 5.25. The van der Waals surface area contributed by atoms with Gasteiger partial charge < -0.3 is 15.0 Å². The molecular weight excluding hydrogens is 366 g/mol. The van der Waals surface area contributed by atoms with Gasteiger partial charge in [0.05, 0.1) is 12.5 Å². The first-order valence-electron chi connectivity index (χ1n) is 10.8. The molecule has 0 bridgehead atoms. The molecule has 0 aromatic heterocycles. The number of hydrogen-bond acceptors (Lipinski definition) is 4. The molecule has 2 aliphatic heterocycles. The monoisotopic (exact) mass is 399 g/mol. The van der Waals surface area contributed by atoms with Gasteiger partial charge in [0.25, 0.3) is 0 Å². The highest BCUT2D eigenvalue weighted by molar-refractivity contribution is 5.85. The van der Waals surface area contributed by atoms with Crippen molar-refractivity contribution in [2.45, 2.75) is 39.2 Å². The Balaban J connectivity index is 1.46. The molecule has 0 unspecified atom stereocenters. The molecule has 158 valence electrons. The smallest absolute Gasteiger partial charge is 0.228 e. The number of piperidine rings is 1. The Bertz CT molecular complexity index is 770. The number of ether oxygens (including phenoxy) is 1. The van der Waals surface area contributed by atoms with Crippen LogP contribution in [0.25, 0.3) is 0 Å². The van der Waals surface area contributed by atoms with Gasteiger partial charge >= 0.3 is 0 Å². The van der Waals surface area contributed by atoms with Crippen molar-refractivity contribution in [3.8, 4) is 5.75 Å². The second-order valence-corrected chi connectivity index (χ2v) is 9.17. The van der Waals surface area contributed by atoms with Crippen LogP contribution in [0, 0.1) is 16.7 Å². The maximum absolute atomic E-state index is 12.9. The van der Waals surface area contributed by atoms with Crippen LogP contribution in [0.3, 0.4) is 0 Å². The molecule has 2 atom stereocenters. The van der Waals surface area contributed by atoms with E-state index in [2.05, 4.69) is 22.3 Å². The largest absolute Gasteiger partial charge is 0.497 e. The third-order valence-electron chi connectivity index (χ3n) is 7.89. The third-order valence-corrected chi connectivity index (χ3v) is 7.89. The topological polar surface area (TPSA) is 61.9 Å². The van der Waals surface area contributed by atoms with Crippen molar-refractivity contribution in [1.82, 2.24) is 15.1 Å². The van der Waals surface area contributed by atoms with Crippen LogP contribution in [-0.2, 0) is 16.1 Å². The van der Waals surface area contributed by atoms with Gasteiger partial charge in [-0.05, 0) is 67.8 Å². The molecule has 2 saturated heterocycles. The molecule has 1 aliphatic carbocycles. The van der Waals surface area contributed by atoms with Crippen LogP contribution in [0.2, 0.25) is 0 Å². The summed E-state index contributed by atoms with van der Waals surface area (Å²) in [7, 11) is 3.42. The van der Waals surface area contributed by atoms with Gasteiger partial charge in [0.2, 0.25) is 11.8 Å². The average Bonchev–Trinajstić information content (AvgIpc) is 3.27. The zero-order valence-electron chi connectivity index (χ0n) is 17.9. The highest BCUT2D eigenvalue weighted by Crippen LogP contribution is 2.62. The van der Waals surface area contributed by atoms with Gasteiger partial charge in [-0.25, -0.2) is 0 Å². The predicted molar refractivity (Wildman–Crippen MR) is 111 cm³/mol. The Morgan fingerprint density at radius 3 is 2.41 bits per heavy atom. The minimum atomic E-state index is -0.390. The molecule has 3 aliphatic rings. The van der Waals surface area contributed by atoms with Crippen LogP contribution < -0.4 is 10.1 Å². The van der Waals surface area contributed by atoms with Crippen molar-refractivity contribution in [3.05, 3.63) is 29.8 Å². The number of nitrogens with zero attached hydrogens (tertiary/aromatic N) is 2. The molecule has 1 saturated carbocycles. The van der Waals surface area contributed by atoms with E-state index in [4.69, 9.17) is 4.74 Å². The number of amides is 2. The van der Waals surface area contributed by atoms with Gasteiger partial charge in [0, 0.05) is 33.6 Å². The lowest BCUT2D eigenvalue weighted by Gasteiger charge is -2.44. The molecule has 29 heavy (non-hydrogen) atoms. The Labute approximate surface area is 173 Å². The summed E-state index contributed by atoms with van der Waals surface area (Å²) in [6.07, 6.45) is 4.23. The number of likely N-dealkylation sites (tertiary alicyclic amines) is 2. The highest BCUT2D eigenvalue weighted by Gasteiger charge is 2.64. The molecule has 2 amide bonds. The van der Waals surface area contributed by atoms with Gasteiger partial charge in [0.1, 0.15) is 5.75 Å². The van der Waals surface area contributed by atoms with Crippen LogP contribution in [0.1, 0.15) is 38.2 Å². The quantitative estimate of drug-likeness (QED) is 0.844. The minimum Gasteiger partial charge on any atom is -0.497 e. The SMILES string of the molecule is CNC(=O)[C@@]12CCC3(CCN(Cc4ccc(OC)cc4)CC3)[C@@H]1CN(C(C)=O)C2. The average molecular weight is 400 g/mol. The van der Waals surface area contributed by atoms with E-state index >= 15 is 0 Å². The standard InChI is InChI=1S/C23H33N3O3/c1-17(27)26-15-20-22(8-9-23(20,16-26)21(28)24-2)10-12-25(13-11-22)14-18-4-6-19(29-3)7-5-18/h4-7,20H,8-16H2,1-3H3,(H,24,28)/t20-,23+/m0/s1. The summed E-state index contributed by atoms with van der Waals surface area (Å²) in [4.78, 5) is 29.4. The van der Waals surface area contributed by atoms with E-state index < -0.39 is 5.41 Å². The van der Waals surface area contributed by atoms with E-state index in [1.807, 2.05) is 17.0 Å². The van der Waals surface area contributed by atoms with Gasteiger partial charge in [-0.2, -0.15) is 0 Å². The summed E-state index contributed by atoms with van der Waals surface area (Å²) in [6, 6.07) is 8.31. The zero-order valence-corrected chi connectivity index (χ0v) is 17.9. The van der Waals surface area contributed by atoms with Crippen molar-refractivity contribution in [2.24, 2.45) is 16.7 Å². The van der Waals surface area contributed by atoms with Gasteiger partial charge in [-0.3, -0.25) is 14.5 Å². The molecule has 3 fully saturated rings. The molecule has 1 spiro atoms. The number of methoxy groups -OCH3 is 1. The lowest BCUT2D eigenvalue weighted by atomic mass is 9.65. The predicted octanol–water partition coefficient (Wildman–Crippen LogP) is 2.28. The summed E-state index contributed by atoms with van der Waals surface area (Å²) in [6.45, 7) is 6.00. The van der Waals surface area contributed by atoms with E-state index in [-0.39, 0.29) is 23.1 Å². The van der Waals surface area contributed by atoms with Crippen molar-refractivity contribution in [1.29, 1.82) is 0 Å². The molecule has 0 radical (unpaired) electrons. The number of rotatable bonds is 4. The third kappa shape index (κ3) is 3.41. The fourth-order valence-corrected chi connectivity index (χ4v) is 6.17. The van der Waals surface area contributed by atoms with Crippen LogP contribution in [-0.4, -0.2) is 62.0 Å². The molecule has 1 aromatic rings. The number of carbonyl (C=O) groups is 2. The molecule has 6 heteroatoms. The zero-order chi connectivity index (χ0) is 20.6. The van der Waals surface area contributed by atoms with E-state index in [1.165, 1.54) is 5.56 Å². The molecular formula is C23H33N3O3. The number of benzene rings is 1. The van der Waals surface area contributed by atoms with Crippen molar-refractivity contribution in [3.63, 3.8) is 0 Å². The van der Waals surface area contributed by atoms with Crippen molar-refractivity contribution < 1.29 is 14.3 Å². The van der Waals surface area contributed by atoms with E-state index in [9.17, 15) is 9.59 Å². The lowest BCUT2D eigenvalue weighted by Crippen LogP contribution is -2.48. The summed E-state index contributed by atoms with van der Waals surface area (Å²) in [5.41, 5.74) is 1.10. The van der Waals surface area contributed by atoms with Crippen LogP contribution in [0.5, 0.6) is 5.75 Å². The first-order chi connectivity index (χ1) is 13.9.